The molecule has 2 aromatic heterocycles. The largest absolute Gasteiger partial charge is 0.472 e. The summed E-state index contributed by atoms with van der Waals surface area (Å²) in [5.74, 6) is 0. The van der Waals surface area contributed by atoms with Crippen LogP contribution in [0.2, 0.25) is 0 Å². The first kappa shape index (κ1) is 10.0. The smallest absolute Gasteiger partial charge is 0.126 e. The maximum Gasteiger partial charge on any atom is 0.126 e. The molecule has 1 saturated heterocycles. The molecule has 2 N–H and O–H groups in total. The van der Waals surface area contributed by atoms with Crippen LogP contribution < -0.4 is 5.73 Å². The lowest BCUT2D eigenvalue weighted by molar-refractivity contribution is 0.177. The minimum atomic E-state index is -0.404. The molecule has 84 valence electrons. The van der Waals surface area contributed by atoms with Crippen molar-refractivity contribution in [1.29, 1.82) is 0 Å². The van der Waals surface area contributed by atoms with Gasteiger partial charge in [0.25, 0.3) is 0 Å². The zero-order valence-corrected chi connectivity index (χ0v) is 9.50. The Kier molecular flexibility index (Phi) is 2.31. The van der Waals surface area contributed by atoms with Crippen molar-refractivity contribution >= 4 is 11.3 Å². The SMILES string of the molecule is NC1(c2csc(-c3ccoc3)n2)CCOC1. The van der Waals surface area contributed by atoms with Crippen LogP contribution in [0.4, 0.5) is 0 Å². The van der Waals surface area contributed by atoms with Gasteiger partial charge in [0, 0.05) is 17.6 Å². The van der Waals surface area contributed by atoms with Gasteiger partial charge in [-0.15, -0.1) is 11.3 Å². The molecule has 0 bridgehead atoms. The van der Waals surface area contributed by atoms with Gasteiger partial charge in [0.1, 0.15) is 11.3 Å². The fraction of sp³-hybridized carbons (Fsp3) is 0.364. The first-order chi connectivity index (χ1) is 7.78. The molecule has 0 aromatic carbocycles. The summed E-state index contributed by atoms with van der Waals surface area (Å²) in [5, 5.41) is 2.96. The van der Waals surface area contributed by atoms with Crippen LogP contribution in [0.3, 0.4) is 0 Å². The number of ether oxygens (including phenoxy) is 1. The lowest BCUT2D eigenvalue weighted by Gasteiger charge is -2.18. The van der Waals surface area contributed by atoms with Gasteiger partial charge in [-0.3, -0.25) is 0 Å². The molecule has 16 heavy (non-hydrogen) atoms. The van der Waals surface area contributed by atoms with E-state index in [2.05, 4.69) is 4.98 Å². The highest BCUT2D eigenvalue weighted by Gasteiger charge is 2.34. The monoisotopic (exact) mass is 236 g/mol. The second-order valence-electron chi connectivity index (χ2n) is 4.01. The van der Waals surface area contributed by atoms with Crippen LogP contribution in [0.15, 0.2) is 28.4 Å². The maximum atomic E-state index is 6.24. The summed E-state index contributed by atoms with van der Waals surface area (Å²) in [5.41, 5.74) is 7.76. The number of hydrogen-bond acceptors (Lipinski definition) is 5. The van der Waals surface area contributed by atoms with Gasteiger partial charge in [0.15, 0.2) is 0 Å². The number of thiazole rings is 1. The molecule has 0 spiro atoms. The van der Waals surface area contributed by atoms with Gasteiger partial charge in [0.05, 0.1) is 24.1 Å². The molecular formula is C11H12N2O2S. The Morgan fingerprint density at radius 3 is 3.12 bits per heavy atom. The molecule has 1 fully saturated rings. The van der Waals surface area contributed by atoms with Gasteiger partial charge >= 0.3 is 0 Å². The molecule has 3 heterocycles. The van der Waals surface area contributed by atoms with Crippen LogP contribution in [0, 0.1) is 0 Å². The number of nitrogens with zero attached hydrogens (tertiary/aromatic N) is 1. The number of rotatable bonds is 2. The fourth-order valence-electron chi connectivity index (χ4n) is 1.80. The van der Waals surface area contributed by atoms with E-state index in [-0.39, 0.29) is 0 Å². The van der Waals surface area contributed by atoms with Crippen molar-refractivity contribution in [2.45, 2.75) is 12.0 Å². The second kappa shape index (κ2) is 3.69. The van der Waals surface area contributed by atoms with Crippen LogP contribution in [-0.2, 0) is 10.3 Å². The zero-order chi connectivity index (χ0) is 11.0. The van der Waals surface area contributed by atoms with E-state index in [1.54, 1.807) is 23.9 Å². The molecule has 0 aliphatic carbocycles. The van der Waals surface area contributed by atoms with Crippen molar-refractivity contribution in [3.63, 3.8) is 0 Å². The molecule has 5 heteroatoms. The van der Waals surface area contributed by atoms with Crippen molar-refractivity contribution in [1.82, 2.24) is 4.98 Å². The third kappa shape index (κ3) is 1.57. The normalized spacial score (nSPS) is 25.1. The molecule has 3 rings (SSSR count). The Bertz CT molecular complexity index is 472. The van der Waals surface area contributed by atoms with E-state index in [0.29, 0.717) is 6.61 Å². The first-order valence-electron chi connectivity index (χ1n) is 5.13. The molecule has 4 nitrogen and oxygen atoms in total. The van der Waals surface area contributed by atoms with Gasteiger partial charge in [0.2, 0.25) is 0 Å². The van der Waals surface area contributed by atoms with Gasteiger partial charge < -0.3 is 14.9 Å². The Hall–Kier alpha value is -1.17. The van der Waals surface area contributed by atoms with E-state index in [1.807, 2.05) is 11.4 Å². The summed E-state index contributed by atoms with van der Waals surface area (Å²) in [6, 6.07) is 1.90. The molecule has 1 atom stereocenters. The summed E-state index contributed by atoms with van der Waals surface area (Å²) >= 11 is 1.59. The minimum Gasteiger partial charge on any atom is -0.472 e. The lowest BCUT2D eigenvalue weighted by Crippen LogP contribution is -2.37. The summed E-state index contributed by atoms with van der Waals surface area (Å²) in [6.07, 6.45) is 4.17. The van der Waals surface area contributed by atoms with Crippen molar-refractivity contribution in [3.8, 4) is 10.6 Å². The van der Waals surface area contributed by atoms with Crippen molar-refractivity contribution in [2.75, 3.05) is 13.2 Å². The second-order valence-corrected chi connectivity index (χ2v) is 4.87. The van der Waals surface area contributed by atoms with Crippen LogP contribution >= 0.6 is 11.3 Å². The van der Waals surface area contributed by atoms with E-state index in [9.17, 15) is 0 Å². The van der Waals surface area contributed by atoms with E-state index in [4.69, 9.17) is 14.9 Å². The third-order valence-electron chi connectivity index (χ3n) is 2.83. The fourth-order valence-corrected chi connectivity index (χ4v) is 2.72. The number of nitrogens with two attached hydrogens (primary N) is 1. The average Bonchev–Trinajstić information content (AvgIpc) is 2.98. The highest BCUT2D eigenvalue weighted by Crippen LogP contribution is 2.32. The van der Waals surface area contributed by atoms with Crippen LogP contribution in [0.25, 0.3) is 10.6 Å². The number of aromatic nitrogens is 1. The van der Waals surface area contributed by atoms with Gasteiger partial charge in [-0.25, -0.2) is 4.98 Å². The summed E-state index contributed by atoms with van der Waals surface area (Å²) in [6.45, 7) is 1.27. The Labute approximate surface area is 97.1 Å². The minimum absolute atomic E-state index is 0.404. The van der Waals surface area contributed by atoms with Crippen LogP contribution in [0.1, 0.15) is 12.1 Å². The molecule has 1 aliphatic heterocycles. The lowest BCUT2D eigenvalue weighted by atomic mass is 9.97. The zero-order valence-electron chi connectivity index (χ0n) is 8.68. The van der Waals surface area contributed by atoms with E-state index >= 15 is 0 Å². The third-order valence-corrected chi connectivity index (χ3v) is 3.73. The standard InChI is InChI=1S/C11H12N2O2S/c12-11(2-4-15-7-11)9-6-16-10(13-9)8-1-3-14-5-8/h1,3,5-6H,2,4,7,12H2. The number of hydrogen-bond donors (Lipinski definition) is 1. The Morgan fingerprint density at radius 2 is 2.44 bits per heavy atom. The Morgan fingerprint density at radius 1 is 1.50 bits per heavy atom. The predicted octanol–water partition coefficient (Wildman–Crippen LogP) is 1.98. The van der Waals surface area contributed by atoms with Gasteiger partial charge in [-0.1, -0.05) is 0 Å². The van der Waals surface area contributed by atoms with Crippen molar-refractivity contribution in [2.24, 2.45) is 5.73 Å². The highest BCUT2D eigenvalue weighted by molar-refractivity contribution is 7.13. The summed E-state index contributed by atoms with van der Waals surface area (Å²) in [7, 11) is 0. The first-order valence-corrected chi connectivity index (χ1v) is 6.01. The Balaban J connectivity index is 1.93. The van der Waals surface area contributed by atoms with Crippen LogP contribution in [0.5, 0.6) is 0 Å². The molecule has 1 aliphatic rings. The molecule has 1 unspecified atom stereocenters. The average molecular weight is 236 g/mol. The molecule has 0 amide bonds. The van der Waals surface area contributed by atoms with Crippen molar-refractivity contribution < 1.29 is 9.15 Å². The summed E-state index contributed by atoms with van der Waals surface area (Å²) < 4.78 is 10.4. The molecule has 0 saturated carbocycles. The number of furan rings is 1. The van der Waals surface area contributed by atoms with E-state index in [0.717, 1.165) is 29.3 Å². The topological polar surface area (TPSA) is 61.3 Å². The molecule has 2 aromatic rings. The molecule has 0 radical (unpaired) electrons. The van der Waals surface area contributed by atoms with Crippen molar-refractivity contribution in [3.05, 3.63) is 29.7 Å². The van der Waals surface area contributed by atoms with Crippen LogP contribution in [-0.4, -0.2) is 18.2 Å². The quantitative estimate of drug-likeness (QED) is 0.866. The van der Waals surface area contributed by atoms with E-state index in [1.165, 1.54) is 0 Å². The molecular weight excluding hydrogens is 224 g/mol. The van der Waals surface area contributed by atoms with Gasteiger partial charge in [-0.05, 0) is 12.5 Å². The maximum absolute atomic E-state index is 6.24. The van der Waals surface area contributed by atoms with E-state index < -0.39 is 5.54 Å². The highest BCUT2D eigenvalue weighted by atomic mass is 32.1. The predicted molar refractivity (Wildman–Crippen MR) is 61.1 cm³/mol. The van der Waals surface area contributed by atoms with Gasteiger partial charge in [-0.2, -0.15) is 0 Å². The summed E-state index contributed by atoms with van der Waals surface area (Å²) in [4.78, 5) is 4.56.